The number of nitrogens with two attached hydrogens (primary N) is 1. The lowest BCUT2D eigenvalue weighted by Crippen LogP contribution is -2.22. The van der Waals surface area contributed by atoms with Gasteiger partial charge >= 0.3 is 0 Å². The van der Waals surface area contributed by atoms with E-state index in [1.54, 1.807) is 0 Å². The second-order valence-electron chi connectivity index (χ2n) is 5.10. The Balaban J connectivity index is 1.96. The van der Waals surface area contributed by atoms with Crippen molar-refractivity contribution in [3.8, 4) is 0 Å². The SMILES string of the molecule is C[C@H](Cn1cnc2c(N)ncnc21)OCP(=O)([O-])OP(=O)([O-])OP(=O)([O-])[O-]. The molecule has 18 heteroatoms. The van der Waals surface area contributed by atoms with Crippen molar-refractivity contribution in [1.29, 1.82) is 0 Å². The smallest absolute Gasteiger partial charge is 0.276 e. The zero-order valence-corrected chi connectivity index (χ0v) is 16.1. The third-order valence-corrected chi connectivity index (χ3v) is 6.69. The fraction of sp³-hybridized carbons (Fsp3) is 0.444. The Morgan fingerprint density at radius 2 is 1.81 bits per heavy atom. The monoisotopic (exact) mass is 443 g/mol. The quantitative estimate of drug-likeness (QED) is 0.399. The Hall–Kier alpha value is -1.24. The van der Waals surface area contributed by atoms with E-state index in [1.165, 1.54) is 24.1 Å². The first kappa shape index (κ1) is 22.1. The summed E-state index contributed by atoms with van der Waals surface area (Å²) in [5, 5.41) is 0. The Bertz CT molecular complexity index is 959. The number of imidazole rings is 1. The Kier molecular flexibility index (Phi) is 6.55. The van der Waals surface area contributed by atoms with Gasteiger partial charge in [0.25, 0.3) is 7.82 Å². The number of aromatic nitrogens is 4. The first-order chi connectivity index (χ1) is 12.3. The highest BCUT2D eigenvalue weighted by Crippen LogP contribution is 2.60. The topological polar surface area (TPSA) is 241 Å². The van der Waals surface area contributed by atoms with Crippen LogP contribution in [0.1, 0.15) is 6.92 Å². The second-order valence-corrected chi connectivity index (χ2v) is 9.68. The fourth-order valence-corrected chi connectivity index (χ4v) is 5.11. The molecule has 0 aliphatic heterocycles. The molecule has 0 saturated heterocycles. The molecule has 0 aliphatic carbocycles. The minimum Gasteiger partial charge on any atom is -0.790 e. The molecule has 15 nitrogen and oxygen atoms in total. The second kappa shape index (κ2) is 8.02. The van der Waals surface area contributed by atoms with Gasteiger partial charge in [0.15, 0.2) is 19.1 Å². The van der Waals surface area contributed by atoms with E-state index in [1.807, 2.05) is 0 Å². The summed E-state index contributed by atoms with van der Waals surface area (Å²) in [7, 11) is -17.2. The van der Waals surface area contributed by atoms with Gasteiger partial charge in [0.1, 0.15) is 18.2 Å². The first-order valence-corrected chi connectivity index (χ1v) is 11.5. The molecule has 2 heterocycles. The van der Waals surface area contributed by atoms with Gasteiger partial charge in [-0.2, -0.15) is 0 Å². The van der Waals surface area contributed by atoms with Gasteiger partial charge < -0.3 is 43.7 Å². The Morgan fingerprint density at radius 3 is 2.44 bits per heavy atom. The molecule has 0 saturated carbocycles. The van der Waals surface area contributed by atoms with E-state index >= 15 is 0 Å². The number of anilines is 1. The van der Waals surface area contributed by atoms with E-state index in [4.69, 9.17) is 10.5 Å². The van der Waals surface area contributed by atoms with Crippen LogP contribution >= 0.6 is 23.2 Å². The number of fused-ring (bicyclic) bond motifs is 1. The van der Waals surface area contributed by atoms with Crippen molar-refractivity contribution in [3.63, 3.8) is 0 Å². The summed E-state index contributed by atoms with van der Waals surface area (Å²) in [6.07, 6.45) is 0.525. The Labute approximate surface area is 151 Å². The highest BCUT2D eigenvalue weighted by atomic mass is 31.3. The van der Waals surface area contributed by atoms with E-state index in [2.05, 4.69) is 23.6 Å². The summed E-state index contributed by atoms with van der Waals surface area (Å²) in [5.74, 6) is 0.144. The molecule has 0 spiro atoms. The van der Waals surface area contributed by atoms with E-state index in [0.717, 1.165) is 0 Å². The Morgan fingerprint density at radius 1 is 1.15 bits per heavy atom. The van der Waals surface area contributed by atoms with Crippen molar-refractivity contribution < 1.29 is 46.6 Å². The van der Waals surface area contributed by atoms with Gasteiger partial charge in [-0.15, -0.1) is 0 Å². The van der Waals surface area contributed by atoms with Crippen molar-refractivity contribution in [2.45, 2.75) is 19.6 Å². The average Bonchev–Trinajstić information content (AvgIpc) is 2.86. The molecule has 2 N–H and O–H groups in total. The van der Waals surface area contributed by atoms with Crippen LogP contribution < -0.4 is 25.3 Å². The normalized spacial score (nSPS) is 18.1. The maximum atomic E-state index is 11.6. The van der Waals surface area contributed by atoms with Gasteiger partial charge in [-0.3, -0.25) is 13.2 Å². The predicted molar refractivity (Wildman–Crippen MR) is 80.1 cm³/mol. The molecule has 2 rings (SSSR count). The molecule has 2 unspecified atom stereocenters. The molecule has 0 bridgehead atoms. The molecule has 2 aromatic heterocycles. The summed E-state index contributed by atoms with van der Waals surface area (Å²) in [6.45, 7) is 1.50. The number of rotatable bonds is 9. The zero-order valence-electron chi connectivity index (χ0n) is 13.4. The van der Waals surface area contributed by atoms with E-state index in [9.17, 15) is 33.3 Å². The van der Waals surface area contributed by atoms with Crippen LogP contribution in [0.2, 0.25) is 0 Å². The van der Waals surface area contributed by atoms with E-state index in [-0.39, 0.29) is 12.4 Å². The van der Waals surface area contributed by atoms with Crippen molar-refractivity contribution >= 4 is 40.2 Å². The first-order valence-electron chi connectivity index (χ1n) is 6.87. The molecule has 0 fully saturated rings. The predicted octanol–water partition coefficient (Wildman–Crippen LogP) is -2.35. The molecule has 152 valence electrons. The molecule has 27 heavy (non-hydrogen) atoms. The summed E-state index contributed by atoms with van der Waals surface area (Å²) >= 11 is 0. The molecular weight excluding hydrogens is 431 g/mol. The summed E-state index contributed by atoms with van der Waals surface area (Å²) in [4.78, 5) is 54.9. The van der Waals surface area contributed by atoms with Gasteiger partial charge in [-0.05, 0) is 6.92 Å². The van der Waals surface area contributed by atoms with Crippen LogP contribution in [-0.2, 0) is 33.6 Å². The number of hydrogen-bond donors (Lipinski definition) is 1. The maximum absolute atomic E-state index is 11.6. The average molecular weight is 443 g/mol. The third-order valence-electron chi connectivity index (χ3n) is 2.82. The van der Waals surface area contributed by atoms with Crippen LogP contribution in [0.5, 0.6) is 0 Å². The number of ether oxygens (including phenoxy) is 1. The van der Waals surface area contributed by atoms with E-state index < -0.39 is 35.7 Å². The molecule has 0 aromatic carbocycles. The van der Waals surface area contributed by atoms with Crippen molar-refractivity contribution in [3.05, 3.63) is 12.7 Å². The van der Waals surface area contributed by atoms with E-state index in [0.29, 0.717) is 11.2 Å². The van der Waals surface area contributed by atoms with Crippen LogP contribution in [0.3, 0.4) is 0 Å². The number of nitrogen functional groups attached to an aromatic ring is 1. The summed E-state index contributed by atoms with van der Waals surface area (Å²) in [6, 6.07) is 0. The van der Waals surface area contributed by atoms with Crippen molar-refractivity contribution in [1.82, 2.24) is 19.5 Å². The van der Waals surface area contributed by atoms with Crippen LogP contribution in [0.25, 0.3) is 11.2 Å². The molecule has 2 aromatic rings. The molecule has 0 radical (unpaired) electrons. The van der Waals surface area contributed by atoms with Gasteiger partial charge in [-0.1, -0.05) is 0 Å². The minimum atomic E-state index is -6.01. The largest absolute Gasteiger partial charge is 0.790 e. The van der Waals surface area contributed by atoms with Crippen LogP contribution in [0.15, 0.2) is 12.7 Å². The lowest BCUT2D eigenvalue weighted by atomic mass is 10.4. The summed E-state index contributed by atoms with van der Waals surface area (Å²) < 4.78 is 46.0. The standard InChI is InChI=1S/C9H16N5O10P3/c1-6(2-14-4-13-7-8(10)11-3-12-9(7)14)22-5-25(15,16)23-27(20,21)24-26(17,18)19/h3-4,6H,2,5H2,1H3,(H,15,16)(H,20,21)(H2,10,11,12)(H2,17,18,19)/p-4/t6-/m1/s1. The third kappa shape index (κ3) is 6.70. The van der Waals surface area contributed by atoms with Crippen molar-refractivity contribution in [2.24, 2.45) is 0 Å². The lowest BCUT2D eigenvalue weighted by molar-refractivity contribution is -0.339. The number of nitrogens with zero attached hydrogens (tertiary/aromatic N) is 4. The molecule has 0 amide bonds. The van der Waals surface area contributed by atoms with Crippen LogP contribution in [0.4, 0.5) is 5.82 Å². The van der Waals surface area contributed by atoms with Crippen LogP contribution in [0, 0.1) is 0 Å². The summed E-state index contributed by atoms with van der Waals surface area (Å²) in [5.41, 5.74) is 6.32. The molecule has 0 aliphatic rings. The highest BCUT2D eigenvalue weighted by Gasteiger charge is 2.22. The lowest BCUT2D eigenvalue weighted by Gasteiger charge is -2.38. The van der Waals surface area contributed by atoms with Gasteiger partial charge in [-0.25, -0.2) is 15.0 Å². The molecule has 3 atom stereocenters. The fourth-order valence-electron chi connectivity index (χ4n) is 1.89. The maximum Gasteiger partial charge on any atom is 0.276 e. The minimum absolute atomic E-state index is 0.0504. The number of phosphoric acid groups is 2. The van der Waals surface area contributed by atoms with Crippen molar-refractivity contribution in [2.75, 3.05) is 12.1 Å². The zero-order chi connectivity index (χ0) is 20.5. The highest BCUT2D eigenvalue weighted by molar-refractivity contribution is 7.66. The van der Waals surface area contributed by atoms with Gasteiger partial charge in [0.05, 0.1) is 26.8 Å². The number of hydrogen-bond acceptors (Lipinski definition) is 14. The van der Waals surface area contributed by atoms with Crippen LogP contribution in [-0.4, -0.2) is 32.0 Å². The molecular formula is C9H12N5O10P3-4. The van der Waals surface area contributed by atoms with Gasteiger partial charge in [0.2, 0.25) is 0 Å². The van der Waals surface area contributed by atoms with Gasteiger partial charge in [0, 0.05) is 0 Å².